The van der Waals surface area contributed by atoms with Crippen molar-refractivity contribution < 1.29 is 14.3 Å². The average molecular weight is 547 g/mol. The number of nitrogens with zero attached hydrogens (tertiary/aromatic N) is 2. The first-order chi connectivity index (χ1) is 19.0. The van der Waals surface area contributed by atoms with Crippen LogP contribution in [0.3, 0.4) is 0 Å². The van der Waals surface area contributed by atoms with Crippen molar-refractivity contribution in [3.63, 3.8) is 0 Å². The maximum absolute atomic E-state index is 13.5. The summed E-state index contributed by atoms with van der Waals surface area (Å²) in [6.07, 6.45) is 7.55. The first-order valence-electron chi connectivity index (χ1n) is 13.5. The number of carbonyl (C=O) groups is 2. The van der Waals surface area contributed by atoms with Gasteiger partial charge in [-0.3, -0.25) is 4.79 Å². The van der Waals surface area contributed by atoms with E-state index in [0.29, 0.717) is 17.5 Å². The lowest BCUT2D eigenvalue weighted by atomic mass is 9.96. The summed E-state index contributed by atoms with van der Waals surface area (Å²) >= 11 is 1.45. The number of ether oxygens (including phenoxy) is 1. The van der Waals surface area contributed by atoms with Gasteiger partial charge in [0.25, 0.3) is 0 Å². The minimum absolute atomic E-state index is 0.117. The van der Waals surface area contributed by atoms with Crippen LogP contribution >= 0.6 is 11.3 Å². The molecule has 39 heavy (non-hydrogen) atoms. The third kappa shape index (κ3) is 7.14. The molecule has 2 heterocycles. The molecule has 9 nitrogen and oxygen atoms in total. The summed E-state index contributed by atoms with van der Waals surface area (Å²) in [7, 11) is 0. The van der Waals surface area contributed by atoms with Crippen LogP contribution in [0.1, 0.15) is 61.2 Å². The van der Waals surface area contributed by atoms with Crippen molar-refractivity contribution in [2.45, 2.75) is 70.2 Å². The third-order valence-corrected chi connectivity index (χ3v) is 8.06. The maximum atomic E-state index is 13.5. The predicted octanol–water partition coefficient (Wildman–Crippen LogP) is 5.48. The fraction of sp³-hybridized carbons (Fsp3) is 0.379. The molecule has 0 aliphatic heterocycles. The molecule has 5 rings (SSSR count). The van der Waals surface area contributed by atoms with Crippen molar-refractivity contribution in [3.05, 3.63) is 76.9 Å². The first kappa shape index (κ1) is 26.7. The molecule has 2 aromatic carbocycles. The van der Waals surface area contributed by atoms with Crippen LogP contribution in [-0.4, -0.2) is 39.3 Å². The van der Waals surface area contributed by atoms with E-state index in [2.05, 4.69) is 31.1 Å². The number of alkyl carbamates (subject to hydrolysis) is 1. The Hall–Kier alpha value is -3.92. The molecule has 4 N–H and O–H groups in total. The fourth-order valence-electron chi connectivity index (χ4n) is 4.90. The van der Waals surface area contributed by atoms with Gasteiger partial charge in [0, 0.05) is 29.6 Å². The Labute approximate surface area is 231 Å². The highest BCUT2D eigenvalue weighted by molar-refractivity contribution is 7.15. The Kier molecular flexibility index (Phi) is 8.72. The molecule has 1 fully saturated rings. The van der Waals surface area contributed by atoms with Crippen LogP contribution in [0, 0.1) is 0 Å². The number of benzene rings is 2. The number of anilines is 1. The van der Waals surface area contributed by atoms with E-state index < -0.39 is 12.1 Å². The summed E-state index contributed by atoms with van der Waals surface area (Å²) < 4.78 is 5.41. The summed E-state index contributed by atoms with van der Waals surface area (Å²) in [5.74, 6) is -0.318. The zero-order chi connectivity index (χ0) is 27.0. The molecule has 0 spiro atoms. The number of fused-ring (bicyclic) bond motifs is 1. The van der Waals surface area contributed by atoms with Gasteiger partial charge in [-0.05, 0) is 37.0 Å². The van der Waals surface area contributed by atoms with Gasteiger partial charge in [-0.1, -0.05) is 79.1 Å². The van der Waals surface area contributed by atoms with Crippen molar-refractivity contribution in [1.29, 1.82) is 0 Å². The summed E-state index contributed by atoms with van der Waals surface area (Å²) in [6.45, 7) is 1.99. The molecule has 1 aliphatic carbocycles. The lowest BCUT2D eigenvalue weighted by molar-refractivity contribution is -0.123. The summed E-state index contributed by atoms with van der Waals surface area (Å²) in [6, 6.07) is 16.5. The molecule has 1 saturated carbocycles. The first-order valence-corrected chi connectivity index (χ1v) is 14.3. The van der Waals surface area contributed by atoms with E-state index in [-0.39, 0.29) is 18.6 Å². The zero-order valence-corrected chi connectivity index (χ0v) is 22.8. The fourth-order valence-corrected chi connectivity index (χ4v) is 5.72. The highest BCUT2D eigenvalue weighted by atomic mass is 32.1. The highest BCUT2D eigenvalue weighted by Crippen LogP contribution is 2.26. The van der Waals surface area contributed by atoms with Gasteiger partial charge in [0.1, 0.15) is 17.7 Å². The number of aromatic nitrogens is 3. The van der Waals surface area contributed by atoms with Gasteiger partial charge in [-0.15, -0.1) is 10.2 Å². The van der Waals surface area contributed by atoms with E-state index in [4.69, 9.17) is 4.74 Å². The van der Waals surface area contributed by atoms with Crippen LogP contribution < -0.4 is 16.0 Å². The van der Waals surface area contributed by atoms with Crippen molar-refractivity contribution in [3.8, 4) is 0 Å². The highest BCUT2D eigenvalue weighted by Gasteiger charge is 2.26. The minimum Gasteiger partial charge on any atom is -0.445 e. The third-order valence-electron chi connectivity index (χ3n) is 7.02. The van der Waals surface area contributed by atoms with Gasteiger partial charge in [0.2, 0.25) is 11.0 Å². The van der Waals surface area contributed by atoms with E-state index >= 15 is 0 Å². The Morgan fingerprint density at radius 2 is 1.79 bits per heavy atom. The molecule has 204 valence electrons. The molecule has 2 atom stereocenters. The molecular weight excluding hydrogens is 512 g/mol. The van der Waals surface area contributed by atoms with Gasteiger partial charge in [0.05, 0.1) is 6.04 Å². The van der Waals surface area contributed by atoms with Crippen LogP contribution in [0.2, 0.25) is 0 Å². The SMILES string of the molecule is C[C@H](NC(=O)[C@H](Cc1c[nH]c2ccccc12)NC(=O)OCc1ccccc1)c1nnc(NC2CCCCC2)s1. The van der Waals surface area contributed by atoms with Crippen molar-refractivity contribution in [2.24, 2.45) is 0 Å². The van der Waals surface area contributed by atoms with Gasteiger partial charge in [-0.2, -0.15) is 0 Å². The molecule has 0 saturated heterocycles. The predicted molar refractivity (Wildman–Crippen MR) is 153 cm³/mol. The number of amides is 2. The molecule has 2 amide bonds. The maximum Gasteiger partial charge on any atom is 0.408 e. The smallest absolute Gasteiger partial charge is 0.408 e. The largest absolute Gasteiger partial charge is 0.445 e. The van der Waals surface area contributed by atoms with Crippen LogP contribution in [0.4, 0.5) is 9.93 Å². The quantitative estimate of drug-likeness (QED) is 0.209. The molecule has 1 aliphatic rings. The second kappa shape index (κ2) is 12.8. The van der Waals surface area contributed by atoms with Crippen LogP contribution in [0.25, 0.3) is 10.9 Å². The van der Waals surface area contributed by atoms with E-state index in [9.17, 15) is 9.59 Å². The monoisotopic (exact) mass is 546 g/mol. The standard InChI is InChI=1S/C29H34N6O3S/c1-19(27-34-35-28(39-27)32-22-12-6-3-7-13-22)31-26(36)25(16-21-17-30-24-15-9-8-14-23(21)24)33-29(37)38-18-20-10-4-2-5-11-20/h2,4-5,8-11,14-15,17,19,22,25,30H,3,6-7,12-13,16,18H2,1H3,(H,31,36)(H,32,35)(H,33,37)/t19-,25-/m0/s1. The van der Waals surface area contributed by atoms with Crippen LogP contribution in [0.15, 0.2) is 60.8 Å². The summed E-state index contributed by atoms with van der Waals surface area (Å²) in [5, 5.41) is 20.4. The number of aromatic amines is 1. The number of hydrogen-bond acceptors (Lipinski definition) is 7. The van der Waals surface area contributed by atoms with E-state index in [0.717, 1.165) is 40.0 Å². The molecule has 0 unspecified atom stereocenters. The number of H-pyrrole nitrogens is 1. The average Bonchev–Trinajstić information content (AvgIpc) is 3.60. The van der Waals surface area contributed by atoms with E-state index in [1.165, 1.54) is 30.6 Å². The normalized spacial score (nSPS) is 15.4. The number of nitrogens with one attached hydrogen (secondary N) is 4. The lowest BCUT2D eigenvalue weighted by Gasteiger charge is -2.22. The van der Waals surface area contributed by atoms with Crippen LogP contribution in [0.5, 0.6) is 0 Å². The topological polar surface area (TPSA) is 121 Å². The van der Waals surface area contributed by atoms with Crippen molar-refractivity contribution in [2.75, 3.05) is 5.32 Å². The van der Waals surface area contributed by atoms with Crippen molar-refractivity contribution >= 4 is 39.4 Å². The van der Waals surface area contributed by atoms with Crippen LogP contribution in [-0.2, 0) is 22.6 Å². The minimum atomic E-state index is -0.845. The lowest BCUT2D eigenvalue weighted by Crippen LogP contribution is -2.48. The number of rotatable bonds is 10. The second-order valence-electron chi connectivity index (χ2n) is 9.98. The number of hydrogen-bond donors (Lipinski definition) is 4. The van der Waals surface area contributed by atoms with Gasteiger partial charge >= 0.3 is 6.09 Å². The van der Waals surface area contributed by atoms with Gasteiger partial charge in [-0.25, -0.2) is 4.79 Å². The number of carbonyl (C=O) groups excluding carboxylic acids is 2. The van der Waals surface area contributed by atoms with Crippen molar-refractivity contribution in [1.82, 2.24) is 25.8 Å². The Morgan fingerprint density at radius 1 is 1.03 bits per heavy atom. The second-order valence-corrected chi connectivity index (χ2v) is 11.0. The molecule has 4 aromatic rings. The number of para-hydroxylation sites is 1. The molecular formula is C29H34N6O3S. The Balaban J connectivity index is 1.25. The zero-order valence-electron chi connectivity index (χ0n) is 22.0. The summed E-state index contributed by atoms with van der Waals surface area (Å²) in [5.41, 5.74) is 2.77. The molecule has 10 heteroatoms. The Bertz CT molecular complexity index is 1380. The van der Waals surface area contributed by atoms with E-state index in [1.54, 1.807) is 0 Å². The summed E-state index contributed by atoms with van der Waals surface area (Å²) in [4.78, 5) is 29.4. The molecule has 0 radical (unpaired) electrons. The van der Waals surface area contributed by atoms with E-state index in [1.807, 2.05) is 67.7 Å². The molecule has 0 bridgehead atoms. The molecule has 2 aromatic heterocycles. The Morgan fingerprint density at radius 3 is 2.62 bits per heavy atom. The van der Waals surface area contributed by atoms with Gasteiger partial charge in [0.15, 0.2) is 0 Å². The van der Waals surface area contributed by atoms with Gasteiger partial charge < -0.3 is 25.7 Å².